The van der Waals surface area contributed by atoms with Crippen molar-refractivity contribution in [2.24, 2.45) is 0 Å². The molecule has 34 heavy (non-hydrogen) atoms. The van der Waals surface area contributed by atoms with Gasteiger partial charge in [-0.15, -0.1) is 0 Å². The molecule has 0 saturated carbocycles. The average molecular weight is 454 g/mol. The van der Waals surface area contributed by atoms with Crippen molar-refractivity contribution in [3.05, 3.63) is 95.8 Å². The maximum atomic E-state index is 13.3. The largest absolute Gasteiger partial charge is 0.489 e. The summed E-state index contributed by atoms with van der Waals surface area (Å²) in [5.41, 5.74) is 8.57. The molecule has 7 heteroatoms. The highest BCUT2D eigenvalue weighted by molar-refractivity contribution is 5.95. The van der Waals surface area contributed by atoms with Crippen molar-refractivity contribution in [2.75, 3.05) is 31.9 Å². The molecular formula is C27H27N5O2. The van der Waals surface area contributed by atoms with Crippen LogP contribution in [0.2, 0.25) is 0 Å². The topological polar surface area (TPSA) is 84.6 Å². The van der Waals surface area contributed by atoms with Gasteiger partial charge in [0.15, 0.2) is 0 Å². The van der Waals surface area contributed by atoms with E-state index < -0.39 is 0 Å². The van der Waals surface area contributed by atoms with Gasteiger partial charge in [0.05, 0.1) is 12.1 Å². The van der Waals surface area contributed by atoms with E-state index >= 15 is 0 Å². The molecule has 5 rings (SSSR count). The predicted molar refractivity (Wildman–Crippen MR) is 132 cm³/mol. The molecule has 1 aliphatic heterocycles. The number of carbonyl (C=O) groups is 1. The van der Waals surface area contributed by atoms with Crippen LogP contribution in [0.4, 0.5) is 5.82 Å². The lowest BCUT2D eigenvalue weighted by molar-refractivity contribution is 0.0623. The van der Waals surface area contributed by atoms with E-state index in [1.165, 1.54) is 0 Å². The highest BCUT2D eigenvalue weighted by Crippen LogP contribution is 2.20. The molecule has 0 radical (unpaired) electrons. The minimum absolute atomic E-state index is 0.0399. The second-order valence-electron chi connectivity index (χ2n) is 8.37. The summed E-state index contributed by atoms with van der Waals surface area (Å²) in [6, 6.07) is 25.1. The number of nitrogen functional groups attached to an aromatic ring is 1. The molecule has 1 aromatic heterocycles. The van der Waals surface area contributed by atoms with Gasteiger partial charge >= 0.3 is 0 Å². The minimum Gasteiger partial charge on any atom is -0.489 e. The second-order valence-corrected chi connectivity index (χ2v) is 8.37. The Morgan fingerprint density at radius 3 is 2.38 bits per heavy atom. The van der Waals surface area contributed by atoms with E-state index in [9.17, 15) is 4.79 Å². The fourth-order valence-electron chi connectivity index (χ4n) is 4.23. The molecule has 4 aromatic rings. The maximum absolute atomic E-state index is 13.3. The van der Waals surface area contributed by atoms with Gasteiger partial charge in [-0.05, 0) is 30.3 Å². The van der Waals surface area contributed by atoms with Gasteiger partial charge in [0.2, 0.25) is 0 Å². The van der Waals surface area contributed by atoms with Crippen LogP contribution in [0.3, 0.4) is 0 Å². The monoisotopic (exact) mass is 453 g/mol. The van der Waals surface area contributed by atoms with Gasteiger partial charge in [-0.2, -0.15) is 0 Å². The Morgan fingerprint density at radius 1 is 0.853 bits per heavy atom. The Labute approximate surface area is 198 Å². The van der Waals surface area contributed by atoms with Gasteiger partial charge < -0.3 is 15.4 Å². The molecule has 3 aromatic carbocycles. The fourth-order valence-corrected chi connectivity index (χ4v) is 4.23. The van der Waals surface area contributed by atoms with E-state index in [1.54, 1.807) is 0 Å². The van der Waals surface area contributed by atoms with Crippen molar-refractivity contribution in [3.8, 4) is 5.75 Å². The summed E-state index contributed by atoms with van der Waals surface area (Å²) >= 11 is 0. The number of aromatic nitrogens is 2. The molecule has 0 atom stereocenters. The lowest BCUT2D eigenvalue weighted by Gasteiger charge is -2.34. The summed E-state index contributed by atoms with van der Waals surface area (Å²) in [4.78, 5) is 26.6. The maximum Gasteiger partial charge on any atom is 0.254 e. The van der Waals surface area contributed by atoms with Crippen LogP contribution >= 0.6 is 0 Å². The number of para-hydroxylation sites is 2. The van der Waals surface area contributed by atoms with Gasteiger partial charge in [0.25, 0.3) is 5.91 Å². The third-order valence-corrected chi connectivity index (χ3v) is 6.09. The Hall–Kier alpha value is -3.97. The minimum atomic E-state index is 0.0399. The van der Waals surface area contributed by atoms with Crippen molar-refractivity contribution in [1.82, 2.24) is 19.8 Å². The van der Waals surface area contributed by atoms with Crippen LogP contribution in [0.15, 0.2) is 78.9 Å². The molecule has 1 amide bonds. The average Bonchev–Trinajstić information content (AvgIpc) is 2.88. The number of anilines is 1. The van der Waals surface area contributed by atoms with Crippen LogP contribution in [0.25, 0.3) is 10.9 Å². The SMILES string of the molecule is Nc1nc(CN2CCN(C(=O)c3ccccc3COc3ccccc3)CC2)nc2ccccc12. The predicted octanol–water partition coefficient (Wildman–Crippen LogP) is 3.75. The van der Waals surface area contributed by atoms with Crippen LogP contribution in [-0.2, 0) is 13.2 Å². The van der Waals surface area contributed by atoms with E-state index in [2.05, 4.69) is 14.9 Å². The van der Waals surface area contributed by atoms with E-state index in [1.807, 2.05) is 83.8 Å². The molecule has 1 fully saturated rings. The van der Waals surface area contributed by atoms with Crippen molar-refractivity contribution in [1.29, 1.82) is 0 Å². The molecule has 0 unspecified atom stereocenters. The first-order chi connectivity index (χ1) is 16.7. The standard InChI is InChI=1S/C27H27N5O2/c28-26-23-12-6-7-13-24(23)29-25(30-26)18-31-14-16-32(17-15-31)27(33)22-11-5-4-8-20(22)19-34-21-9-2-1-3-10-21/h1-13H,14-19H2,(H2,28,29,30). The Balaban J connectivity index is 1.21. The highest BCUT2D eigenvalue weighted by Gasteiger charge is 2.24. The smallest absolute Gasteiger partial charge is 0.254 e. The molecular weight excluding hydrogens is 426 g/mol. The van der Waals surface area contributed by atoms with Crippen LogP contribution in [-0.4, -0.2) is 51.9 Å². The second kappa shape index (κ2) is 9.89. The number of benzene rings is 3. The first-order valence-electron chi connectivity index (χ1n) is 11.5. The molecule has 0 aliphatic carbocycles. The molecule has 2 heterocycles. The first-order valence-corrected chi connectivity index (χ1v) is 11.5. The quantitative estimate of drug-likeness (QED) is 0.479. The summed E-state index contributed by atoms with van der Waals surface area (Å²) in [6.07, 6.45) is 0. The van der Waals surface area contributed by atoms with Gasteiger partial charge in [0, 0.05) is 42.7 Å². The van der Waals surface area contributed by atoms with Gasteiger partial charge in [-0.25, -0.2) is 9.97 Å². The van der Waals surface area contributed by atoms with Crippen LogP contribution < -0.4 is 10.5 Å². The third kappa shape index (κ3) is 4.84. The van der Waals surface area contributed by atoms with Crippen LogP contribution in [0.5, 0.6) is 5.75 Å². The number of hydrogen-bond acceptors (Lipinski definition) is 6. The normalized spacial score (nSPS) is 14.3. The summed E-state index contributed by atoms with van der Waals surface area (Å²) in [5.74, 6) is 2.04. The molecule has 0 bridgehead atoms. The lowest BCUT2D eigenvalue weighted by Crippen LogP contribution is -2.48. The molecule has 172 valence electrons. The number of amides is 1. The van der Waals surface area contributed by atoms with Gasteiger partial charge in [-0.3, -0.25) is 9.69 Å². The number of piperazine rings is 1. The Kier molecular flexibility index (Phi) is 6.35. The molecule has 7 nitrogen and oxygen atoms in total. The Morgan fingerprint density at radius 2 is 1.56 bits per heavy atom. The molecule has 1 saturated heterocycles. The Bertz CT molecular complexity index is 1290. The third-order valence-electron chi connectivity index (χ3n) is 6.09. The number of rotatable bonds is 6. The van der Waals surface area contributed by atoms with E-state index in [0.29, 0.717) is 43.4 Å². The van der Waals surface area contributed by atoms with Gasteiger partial charge in [-0.1, -0.05) is 48.5 Å². The summed E-state index contributed by atoms with van der Waals surface area (Å²) < 4.78 is 5.89. The van der Waals surface area contributed by atoms with Crippen LogP contribution in [0.1, 0.15) is 21.7 Å². The number of nitrogens with zero attached hydrogens (tertiary/aromatic N) is 4. The number of ether oxygens (including phenoxy) is 1. The summed E-state index contributed by atoms with van der Waals surface area (Å²) in [5, 5.41) is 0.872. The van der Waals surface area contributed by atoms with Crippen LogP contribution in [0, 0.1) is 0 Å². The zero-order chi connectivity index (χ0) is 23.3. The lowest BCUT2D eigenvalue weighted by atomic mass is 10.1. The van der Waals surface area contributed by atoms with E-state index in [4.69, 9.17) is 10.5 Å². The summed E-state index contributed by atoms with van der Waals surface area (Å²) in [6.45, 7) is 3.77. The number of carbonyl (C=O) groups excluding carboxylic acids is 1. The van der Waals surface area contributed by atoms with E-state index in [0.717, 1.165) is 35.3 Å². The molecule has 0 spiro atoms. The van der Waals surface area contributed by atoms with Crippen molar-refractivity contribution < 1.29 is 9.53 Å². The number of nitrogens with two attached hydrogens (primary N) is 1. The number of hydrogen-bond donors (Lipinski definition) is 1. The number of fused-ring (bicyclic) bond motifs is 1. The zero-order valence-electron chi connectivity index (χ0n) is 18.9. The van der Waals surface area contributed by atoms with Crippen molar-refractivity contribution in [3.63, 3.8) is 0 Å². The highest BCUT2D eigenvalue weighted by atomic mass is 16.5. The fraction of sp³-hybridized carbons (Fsp3) is 0.222. The van der Waals surface area contributed by atoms with Gasteiger partial charge in [0.1, 0.15) is 24.0 Å². The van der Waals surface area contributed by atoms with Crippen molar-refractivity contribution in [2.45, 2.75) is 13.2 Å². The molecule has 2 N–H and O–H groups in total. The summed E-state index contributed by atoms with van der Waals surface area (Å²) in [7, 11) is 0. The van der Waals surface area contributed by atoms with Crippen molar-refractivity contribution >= 4 is 22.6 Å². The van der Waals surface area contributed by atoms with E-state index in [-0.39, 0.29) is 5.91 Å². The zero-order valence-corrected chi connectivity index (χ0v) is 18.9. The molecule has 1 aliphatic rings. The first kappa shape index (κ1) is 21.9.